The quantitative estimate of drug-likeness (QED) is 0.831. The number of anilines is 1. The molecule has 0 N–H and O–H groups in total. The lowest BCUT2D eigenvalue weighted by molar-refractivity contribution is 0.0692. The van der Waals surface area contributed by atoms with Crippen LogP contribution in [0.2, 0.25) is 0 Å². The van der Waals surface area contributed by atoms with Gasteiger partial charge in [-0.3, -0.25) is 4.79 Å². The maximum absolute atomic E-state index is 12.3. The summed E-state index contributed by atoms with van der Waals surface area (Å²) >= 11 is 0. The third-order valence-corrected chi connectivity index (χ3v) is 4.62. The van der Waals surface area contributed by atoms with Crippen molar-refractivity contribution in [2.75, 3.05) is 25.0 Å². The Morgan fingerprint density at radius 3 is 2.78 bits per heavy atom. The maximum Gasteiger partial charge on any atom is 0.291 e. The van der Waals surface area contributed by atoms with Crippen LogP contribution in [0.1, 0.15) is 28.3 Å². The Kier molecular flexibility index (Phi) is 3.40. The molecule has 0 spiro atoms. The van der Waals surface area contributed by atoms with Gasteiger partial charge in [-0.25, -0.2) is 9.97 Å². The molecule has 118 valence electrons. The molecule has 0 unspecified atom stereocenters. The molecule has 1 aliphatic carbocycles. The van der Waals surface area contributed by atoms with Gasteiger partial charge in [0, 0.05) is 32.5 Å². The molecule has 4 rings (SSSR count). The summed E-state index contributed by atoms with van der Waals surface area (Å²) in [7, 11) is 1.80. The zero-order valence-corrected chi connectivity index (χ0v) is 13.0. The number of likely N-dealkylation sites (N-methyl/N-ethyl adjacent to an activating group) is 1. The van der Waals surface area contributed by atoms with E-state index in [2.05, 4.69) is 31.1 Å². The molecule has 3 heterocycles. The van der Waals surface area contributed by atoms with Crippen molar-refractivity contribution in [2.45, 2.75) is 25.3 Å². The number of aromatic nitrogens is 4. The highest BCUT2D eigenvalue weighted by Gasteiger charge is 2.34. The summed E-state index contributed by atoms with van der Waals surface area (Å²) in [6.45, 7) is 1.53. The Morgan fingerprint density at radius 2 is 2.00 bits per heavy atom. The van der Waals surface area contributed by atoms with Gasteiger partial charge < -0.3 is 9.80 Å². The number of hydrogen-bond acceptors (Lipinski definition) is 6. The summed E-state index contributed by atoms with van der Waals surface area (Å²) < 4.78 is 0. The third kappa shape index (κ3) is 2.52. The smallest absolute Gasteiger partial charge is 0.291 e. The Balaban J connectivity index is 1.40. The molecular weight excluding hydrogens is 292 g/mol. The normalized spacial score (nSPS) is 16.8. The number of aryl methyl sites for hydroxylation is 2. The topological polar surface area (TPSA) is 75.1 Å². The van der Waals surface area contributed by atoms with Crippen LogP contribution in [0.15, 0.2) is 24.5 Å². The van der Waals surface area contributed by atoms with Crippen molar-refractivity contribution in [3.8, 4) is 0 Å². The molecule has 0 atom stereocenters. The SMILES string of the molecule is CN(C(=O)c1ncccn1)C1CN(c2cc3c(nn2)CCC3)C1. The lowest BCUT2D eigenvalue weighted by Crippen LogP contribution is -2.60. The van der Waals surface area contributed by atoms with Crippen molar-refractivity contribution < 1.29 is 4.79 Å². The highest BCUT2D eigenvalue weighted by Crippen LogP contribution is 2.26. The Labute approximate surface area is 134 Å². The van der Waals surface area contributed by atoms with Crippen molar-refractivity contribution in [1.29, 1.82) is 0 Å². The third-order valence-electron chi connectivity index (χ3n) is 4.62. The highest BCUT2D eigenvalue weighted by atomic mass is 16.2. The molecule has 7 nitrogen and oxygen atoms in total. The van der Waals surface area contributed by atoms with Crippen LogP contribution in [0.5, 0.6) is 0 Å². The molecule has 0 aromatic carbocycles. The van der Waals surface area contributed by atoms with Gasteiger partial charge in [0.2, 0.25) is 5.82 Å². The van der Waals surface area contributed by atoms with Gasteiger partial charge in [0.05, 0.1) is 11.7 Å². The van der Waals surface area contributed by atoms with E-state index >= 15 is 0 Å². The second kappa shape index (κ2) is 5.57. The summed E-state index contributed by atoms with van der Waals surface area (Å²) in [5.74, 6) is 1.01. The molecular formula is C16H18N6O. The zero-order valence-electron chi connectivity index (χ0n) is 13.0. The molecule has 2 aromatic heterocycles. The molecule has 1 aliphatic heterocycles. The van der Waals surface area contributed by atoms with Crippen molar-refractivity contribution in [1.82, 2.24) is 25.1 Å². The lowest BCUT2D eigenvalue weighted by Gasteiger charge is -2.44. The predicted octanol–water partition coefficient (Wildman–Crippen LogP) is 0.716. The van der Waals surface area contributed by atoms with Gasteiger partial charge in [-0.2, -0.15) is 5.10 Å². The van der Waals surface area contributed by atoms with Gasteiger partial charge >= 0.3 is 0 Å². The molecule has 1 fully saturated rings. The fourth-order valence-electron chi connectivity index (χ4n) is 3.09. The Morgan fingerprint density at radius 1 is 1.22 bits per heavy atom. The number of nitrogens with zero attached hydrogens (tertiary/aromatic N) is 6. The van der Waals surface area contributed by atoms with E-state index < -0.39 is 0 Å². The van der Waals surface area contributed by atoms with Crippen LogP contribution in [0.4, 0.5) is 5.82 Å². The molecule has 1 saturated heterocycles. The number of fused-ring (bicyclic) bond motifs is 1. The first-order valence-corrected chi connectivity index (χ1v) is 7.87. The van der Waals surface area contributed by atoms with Crippen LogP contribution < -0.4 is 4.90 Å². The average Bonchev–Trinajstić information content (AvgIpc) is 3.01. The van der Waals surface area contributed by atoms with Gasteiger partial charge in [-0.05, 0) is 37.0 Å². The summed E-state index contributed by atoms with van der Waals surface area (Å²) in [5, 5.41) is 8.64. The maximum atomic E-state index is 12.3. The van der Waals surface area contributed by atoms with Crippen LogP contribution in [0.3, 0.4) is 0 Å². The van der Waals surface area contributed by atoms with Gasteiger partial charge in [-0.15, -0.1) is 5.10 Å². The summed E-state index contributed by atoms with van der Waals surface area (Å²) in [5.41, 5.74) is 2.46. The minimum absolute atomic E-state index is 0.143. The van der Waals surface area contributed by atoms with Gasteiger partial charge in [0.25, 0.3) is 5.91 Å². The second-order valence-electron chi connectivity index (χ2n) is 6.08. The van der Waals surface area contributed by atoms with Crippen LogP contribution in [0, 0.1) is 0 Å². The minimum Gasteiger partial charge on any atom is -0.351 e. The van der Waals surface area contributed by atoms with Crippen LogP contribution >= 0.6 is 0 Å². The fraction of sp³-hybridized carbons (Fsp3) is 0.438. The second-order valence-corrected chi connectivity index (χ2v) is 6.08. The van der Waals surface area contributed by atoms with Crippen LogP contribution in [-0.2, 0) is 12.8 Å². The number of carbonyl (C=O) groups is 1. The van der Waals surface area contributed by atoms with E-state index in [0.29, 0.717) is 0 Å². The largest absolute Gasteiger partial charge is 0.351 e. The number of hydrogen-bond donors (Lipinski definition) is 0. The van der Waals surface area contributed by atoms with Gasteiger partial charge in [-0.1, -0.05) is 0 Å². The first-order chi connectivity index (χ1) is 11.2. The molecule has 0 bridgehead atoms. The van der Waals surface area contributed by atoms with E-state index in [1.165, 1.54) is 12.0 Å². The monoisotopic (exact) mass is 310 g/mol. The lowest BCUT2D eigenvalue weighted by atomic mass is 10.1. The molecule has 2 aromatic rings. The zero-order chi connectivity index (χ0) is 15.8. The summed E-state index contributed by atoms with van der Waals surface area (Å²) in [6.07, 6.45) is 6.48. The predicted molar refractivity (Wildman–Crippen MR) is 84.2 cm³/mol. The molecule has 23 heavy (non-hydrogen) atoms. The average molecular weight is 310 g/mol. The van der Waals surface area contributed by atoms with E-state index in [1.807, 2.05) is 0 Å². The van der Waals surface area contributed by atoms with E-state index in [0.717, 1.165) is 37.4 Å². The first-order valence-electron chi connectivity index (χ1n) is 7.87. The molecule has 0 saturated carbocycles. The summed E-state index contributed by atoms with van der Waals surface area (Å²) in [4.78, 5) is 24.2. The van der Waals surface area contributed by atoms with Crippen molar-refractivity contribution in [3.05, 3.63) is 41.6 Å². The fourth-order valence-corrected chi connectivity index (χ4v) is 3.09. The van der Waals surface area contributed by atoms with Crippen molar-refractivity contribution >= 4 is 11.7 Å². The van der Waals surface area contributed by atoms with E-state index in [-0.39, 0.29) is 17.8 Å². The standard InChI is InChI=1S/C16H18N6O/c1-21(16(23)15-17-6-3-7-18-15)12-9-22(10-12)14-8-11-4-2-5-13(11)19-20-14/h3,6-8,12H,2,4-5,9-10H2,1H3. The first kappa shape index (κ1) is 14.0. The molecule has 2 aliphatic rings. The van der Waals surface area contributed by atoms with Crippen molar-refractivity contribution in [3.63, 3.8) is 0 Å². The molecule has 1 amide bonds. The van der Waals surface area contributed by atoms with E-state index in [4.69, 9.17) is 0 Å². The molecule has 0 radical (unpaired) electrons. The minimum atomic E-state index is -0.143. The summed E-state index contributed by atoms with van der Waals surface area (Å²) in [6, 6.07) is 4.00. The van der Waals surface area contributed by atoms with E-state index in [1.54, 1.807) is 30.4 Å². The van der Waals surface area contributed by atoms with Crippen LogP contribution in [-0.4, -0.2) is 57.2 Å². The Hall–Kier alpha value is -2.57. The number of rotatable bonds is 3. The highest BCUT2D eigenvalue weighted by molar-refractivity contribution is 5.90. The van der Waals surface area contributed by atoms with Gasteiger partial charge in [0.1, 0.15) is 0 Å². The molecule has 7 heteroatoms. The van der Waals surface area contributed by atoms with Crippen LogP contribution in [0.25, 0.3) is 0 Å². The number of amides is 1. The van der Waals surface area contributed by atoms with Crippen molar-refractivity contribution in [2.24, 2.45) is 0 Å². The number of carbonyl (C=O) groups excluding carboxylic acids is 1. The van der Waals surface area contributed by atoms with E-state index in [9.17, 15) is 4.79 Å². The Bertz CT molecular complexity index is 729. The van der Waals surface area contributed by atoms with Gasteiger partial charge in [0.15, 0.2) is 5.82 Å².